The van der Waals surface area contributed by atoms with E-state index in [1.807, 2.05) is 13.8 Å². The van der Waals surface area contributed by atoms with Gasteiger partial charge in [0.25, 0.3) is 0 Å². The summed E-state index contributed by atoms with van der Waals surface area (Å²) >= 11 is 0. The van der Waals surface area contributed by atoms with Gasteiger partial charge in [0.05, 0.1) is 0 Å². The zero-order valence-corrected chi connectivity index (χ0v) is 7.96. The van der Waals surface area contributed by atoms with Gasteiger partial charge in [0.2, 0.25) is 0 Å². The van der Waals surface area contributed by atoms with Crippen molar-refractivity contribution in [3.63, 3.8) is 0 Å². The van der Waals surface area contributed by atoms with Gasteiger partial charge < -0.3 is 5.73 Å². The fourth-order valence-corrected chi connectivity index (χ4v) is 1.32. The molecule has 1 aromatic heterocycles. The van der Waals surface area contributed by atoms with Crippen LogP contribution in [0.5, 0.6) is 0 Å². The Kier molecular flexibility index (Phi) is 2.82. The fourth-order valence-electron chi connectivity index (χ4n) is 1.32. The van der Waals surface area contributed by atoms with Gasteiger partial charge in [0, 0.05) is 17.4 Å². The van der Waals surface area contributed by atoms with Crippen LogP contribution in [0.25, 0.3) is 0 Å². The summed E-state index contributed by atoms with van der Waals surface area (Å²) < 4.78 is 0. The molecule has 1 unspecified atom stereocenters. The third-order valence-electron chi connectivity index (χ3n) is 1.97. The zero-order valence-electron chi connectivity index (χ0n) is 7.96. The molecule has 0 saturated heterocycles. The number of hydrogen-bond donors (Lipinski definition) is 1. The Morgan fingerprint density at radius 2 is 1.83 bits per heavy atom. The average Bonchev–Trinajstić information content (AvgIpc) is 2.01. The number of pyridine rings is 1. The van der Waals surface area contributed by atoms with Crippen LogP contribution in [0.3, 0.4) is 0 Å². The number of nitrogens with zero attached hydrogens (tertiary/aromatic N) is 1. The van der Waals surface area contributed by atoms with Crippen molar-refractivity contribution in [2.75, 3.05) is 0 Å². The van der Waals surface area contributed by atoms with Crippen molar-refractivity contribution in [1.29, 1.82) is 0 Å². The molecule has 0 amide bonds. The Labute approximate surface area is 73.8 Å². The average molecular weight is 164 g/mol. The first-order valence-electron chi connectivity index (χ1n) is 4.34. The molecule has 1 rings (SSSR count). The van der Waals surface area contributed by atoms with E-state index in [0.717, 1.165) is 17.8 Å². The van der Waals surface area contributed by atoms with Crippen LogP contribution in [-0.2, 0) is 0 Å². The summed E-state index contributed by atoms with van der Waals surface area (Å²) in [6.45, 7) is 6.09. The van der Waals surface area contributed by atoms with Gasteiger partial charge in [-0.15, -0.1) is 0 Å². The van der Waals surface area contributed by atoms with Gasteiger partial charge in [-0.2, -0.15) is 0 Å². The van der Waals surface area contributed by atoms with Crippen molar-refractivity contribution in [3.05, 3.63) is 29.1 Å². The minimum Gasteiger partial charge on any atom is -0.324 e. The molecule has 0 saturated carbocycles. The molecule has 0 aliphatic heterocycles. The van der Waals surface area contributed by atoms with E-state index in [4.69, 9.17) is 5.73 Å². The lowest BCUT2D eigenvalue weighted by Gasteiger charge is -2.10. The highest BCUT2D eigenvalue weighted by atomic mass is 14.7. The minimum absolute atomic E-state index is 0.158. The molecule has 12 heavy (non-hydrogen) atoms. The van der Waals surface area contributed by atoms with Gasteiger partial charge in [-0.25, -0.2) is 0 Å². The third-order valence-corrected chi connectivity index (χ3v) is 1.97. The summed E-state index contributed by atoms with van der Waals surface area (Å²) in [7, 11) is 0. The van der Waals surface area contributed by atoms with Crippen LogP contribution in [0.15, 0.2) is 12.1 Å². The predicted octanol–water partition coefficient (Wildman–Crippen LogP) is 2.11. The number of aromatic nitrogens is 1. The Hall–Kier alpha value is -0.890. The molecule has 0 radical (unpaired) electrons. The van der Waals surface area contributed by atoms with Crippen LogP contribution in [0.2, 0.25) is 0 Å². The molecule has 1 heterocycles. The van der Waals surface area contributed by atoms with E-state index in [2.05, 4.69) is 24.0 Å². The Bertz CT molecular complexity index is 248. The van der Waals surface area contributed by atoms with E-state index in [1.54, 1.807) is 0 Å². The highest BCUT2D eigenvalue weighted by molar-refractivity contribution is 5.23. The molecule has 2 nitrogen and oxygen atoms in total. The predicted molar refractivity (Wildman–Crippen MR) is 50.9 cm³/mol. The van der Waals surface area contributed by atoms with Crippen molar-refractivity contribution in [1.82, 2.24) is 4.98 Å². The monoisotopic (exact) mass is 164 g/mol. The van der Waals surface area contributed by atoms with Crippen molar-refractivity contribution in [2.24, 2.45) is 5.73 Å². The van der Waals surface area contributed by atoms with Crippen LogP contribution < -0.4 is 5.73 Å². The molecule has 2 heteroatoms. The SMILES string of the molecule is CCC(N)c1cc(C)nc(C)c1. The molecule has 2 N–H and O–H groups in total. The van der Waals surface area contributed by atoms with Crippen molar-refractivity contribution in [2.45, 2.75) is 33.2 Å². The Morgan fingerprint density at radius 1 is 1.33 bits per heavy atom. The topological polar surface area (TPSA) is 38.9 Å². The lowest BCUT2D eigenvalue weighted by atomic mass is 10.1. The first-order chi connectivity index (χ1) is 5.63. The Balaban J connectivity index is 3.00. The highest BCUT2D eigenvalue weighted by Gasteiger charge is 2.03. The van der Waals surface area contributed by atoms with Gasteiger partial charge in [-0.3, -0.25) is 4.98 Å². The lowest BCUT2D eigenvalue weighted by molar-refractivity contribution is 0.695. The molecule has 66 valence electrons. The molecule has 0 spiro atoms. The van der Waals surface area contributed by atoms with Gasteiger partial charge in [0.1, 0.15) is 0 Å². The first kappa shape index (κ1) is 9.20. The molecule has 0 aliphatic rings. The maximum atomic E-state index is 5.90. The molecular formula is C10H16N2. The zero-order chi connectivity index (χ0) is 9.14. The summed E-state index contributed by atoms with van der Waals surface area (Å²) in [6.07, 6.45) is 0.975. The van der Waals surface area contributed by atoms with Gasteiger partial charge in [-0.05, 0) is 38.0 Å². The maximum absolute atomic E-state index is 5.90. The Morgan fingerprint density at radius 3 is 2.25 bits per heavy atom. The first-order valence-corrected chi connectivity index (χ1v) is 4.34. The number of rotatable bonds is 2. The molecule has 0 aliphatic carbocycles. The van der Waals surface area contributed by atoms with Crippen LogP contribution in [0, 0.1) is 13.8 Å². The van der Waals surface area contributed by atoms with E-state index in [0.29, 0.717) is 0 Å². The van der Waals surface area contributed by atoms with E-state index in [1.165, 1.54) is 5.56 Å². The summed E-state index contributed by atoms with van der Waals surface area (Å²) in [5.74, 6) is 0. The molecule has 1 aromatic rings. The quantitative estimate of drug-likeness (QED) is 0.727. The second-order valence-electron chi connectivity index (χ2n) is 3.20. The molecule has 0 aromatic carbocycles. The van der Waals surface area contributed by atoms with Crippen molar-refractivity contribution >= 4 is 0 Å². The molecular weight excluding hydrogens is 148 g/mol. The van der Waals surface area contributed by atoms with E-state index >= 15 is 0 Å². The highest BCUT2D eigenvalue weighted by Crippen LogP contribution is 2.14. The van der Waals surface area contributed by atoms with Gasteiger partial charge in [0.15, 0.2) is 0 Å². The summed E-state index contributed by atoms with van der Waals surface area (Å²) in [5.41, 5.74) is 9.20. The van der Waals surface area contributed by atoms with Crippen LogP contribution in [0.1, 0.15) is 36.3 Å². The molecule has 0 bridgehead atoms. The van der Waals surface area contributed by atoms with Crippen LogP contribution in [-0.4, -0.2) is 4.98 Å². The molecule has 0 fully saturated rings. The number of nitrogens with two attached hydrogens (primary N) is 1. The summed E-state index contributed by atoms with van der Waals surface area (Å²) in [4.78, 5) is 4.30. The van der Waals surface area contributed by atoms with Crippen LogP contribution >= 0.6 is 0 Å². The van der Waals surface area contributed by atoms with Gasteiger partial charge >= 0.3 is 0 Å². The normalized spacial score (nSPS) is 13.0. The van der Waals surface area contributed by atoms with Crippen LogP contribution in [0.4, 0.5) is 0 Å². The van der Waals surface area contributed by atoms with Crippen molar-refractivity contribution in [3.8, 4) is 0 Å². The second kappa shape index (κ2) is 3.68. The standard InChI is InChI=1S/C10H16N2/c1-4-10(11)9-5-7(2)12-8(3)6-9/h5-6,10H,4,11H2,1-3H3. The molecule has 1 atom stereocenters. The lowest BCUT2D eigenvalue weighted by Crippen LogP contribution is -2.09. The smallest absolute Gasteiger partial charge is 0.0379 e. The third kappa shape index (κ3) is 2.05. The maximum Gasteiger partial charge on any atom is 0.0379 e. The minimum atomic E-state index is 0.158. The van der Waals surface area contributed by atoms with Crippen molar-refractivity contribution < 1.29 is 0 Å². The number of aryl methyl sites for hydroxylation is 2. The largest absolute Gasteiger partial charge is 0.324 e. The van der Waals surface area contributed by atoms with E-state index in [-0.39, 0.29) is 6.04 Å². The van der Waals surface area contributed by atoms with E-state index in [9.17, 15) is 0 Å². The fraction of sp³-hybridized carbons (Fsp3) is 0.500. The number of hydrogen-bond acceptors (Lipinski definition) is 2. The summed E-state index contributed by atoms with van der Waals surface area (Å²) in [5, 5.41) is 0. The van der Waals surface area contributed by atoms with E-state index < -0.39 is 0 Å². The summed E-state index contributed by atoms with van der Waals surface area (Å²) in [6, 6.07) is 4.27. The van der Waals surface area contributed by atoms with Gasteiger partial charge in [-0.1, -0.05) is 6.92 Å². The second-order valence-corrected chi connectivity index (χ2v) is 3.20.